The van der Waals surface area contributed by atoms with E-state index in [2.05, 4.69) is 33.4 Å². The topological polar surface area (TPSA) is 29.1 Å². The van der Waals surface area contributed by atoms with E-state index in [0.29, 0.717) is 6.42 Å². The summed E-state index contributed by atoms with van der Waals surface area (Å²) >= 11 is 4.98. The fraction of sp³-hybridized carbons (Fsp3) is 0.364. The molecule has 2 nitrogen and oxygen atoms in total. The van der Waals surface area contributed by atoms with Crippen molar-refractivity contribution in [3.8, 4) is 0 Å². The molecule has 0 saturated carbocycles. The van der Waals surface area contributed by atoms with Crippen LogP contribution in [-0.4, -0.2) is 23.5 Å². The van der Waals surface area contributed by atoms with Gasteiger partial charge >= 0.3 is 0 Å². The minimum atomic E-state index is 0.112. The van der Waals surface area contributed by atoms with Gasteiger partial charge in [-0.3, -0.25) is 4.79 Å². The summed E-state index contributed by atoms with van der Waals surface area (Å²) in [5.74, 6) is 1.03. The summed E-state index contributed by atoms with van der Waals surface area (Å²) in [7, 11) is 0. The van der Waals surface area contributed by atoms with Gasteiger partial charge in [-0.25, -0.2) is 0 Å². The summed E-state index contributed by atoms with van der Waals surface area (Å²) < 4.78 is 0. The minimum absolute atomic E-state index is 0.112. The Morgan fingerprint density at radius 3 is 2.73 bits per heavy atom. The molecule has 0 heterocycles. The highest BCUT2D eigenvalue weighted by Crippen LogP contribution is 2.15. The van der Waals surface area contributed by atoms with Crippen molar-refractivity contribution >= 4 is 33.6 Å². The van der Waals surface area contributed by atoms with Crippen LogP contribution in [0, 0.1) is 0 Å². The maximum atomic E-state index is 11.1. The van der Waals surface area contributed by atoms with Crippen LogP contribution in [0.4, 0.5) is 0 Å². The lowest BCUT2D eigenvalue weighted by molar-refractivity contribution is -0.120. The van der Waals surface area contributed by atoms with Crippen LogP contribution in [0.3, 0.4) is 0 Å². The molecule has 82 valence electrons. The zero-order valence-corrected chi connectivity index (χ0v) is 10.8. The molecule has 0 aliphatic carbocycles. The Balaban J connectivity index is 2.10. The van der Waals surface area contributed by atoms with Gasteiger partial charge in [-0.05, 0) is 12.1 Å². The lowest BCUT2D eigenvalue weighted by atomic mass is 10.4. The van der Waals surface area contributed by atoms with Crippen molar-refractivity contribution in [2.75, 3.05) is 17.6 Å². The highest BCUT2D eigenvalue weighted by molar-refractivity contribution is 9.09. The third-order valence-electron chi connectivity index (χ3n) is 1.76. The molecule has 1 amide bonds. The Bertz CT molecular complexity index is 292. The van der Waals surface area contributed by atoms with E-state index in [0.717, 1.165) is 17.6 Å². The molecular formula is C11H14BrNOS. The maximum absolute atomic E-state index is 11.1. The van der Waals surface area contributed by atoms with Gasteiger partial charge in [0.25, 0.3) is 0 Å². The van der Waals surface area contributed by atoms with E-state index in [1.54, 1.807) is 11.8 Å². The number of thioether (sulfide) groups is 1. The molecule has 0 aromatic heterocycles. The molecule has 1 aromatic rings. The molecule has 0 atom stereocenters. The molecule has 0 fully saturated rings. The van der Waals surface area contributed by atoms with Gasteiger partial charge in [0, 0.05) is 28.9 Å². The summed E-state index contributed by atoms with van der Waals surface area (Å²) in [5, 5.41) is 3.59. The first-order valence-corrected chi connectivity index (χ1v) is 6.94. The Morgan fingerprint density at radius 2 is 2.07 bits per heavy atom. The molecule has 0 aliphatic rings. The molecule has 1 aromatic carbocycles. The van der Waals surface area contributed by atoms with E-state index in [-0.39, 0.29) is 5.91 Å². The fourth-order valence-corrected chi connectivity index (χ4v) is 2.20. The molecule has 0 aliphatic heterocycles. The number of alkyl halides is 1. The van der Waals surface area contributed by atoms with Crippen LogP contribution in [0.25, 0.3) is 0 Å². The van der Waals surface area contributed by atoms with Crippen molar-refractivity contribution in [3.05, 3.63) is 30.3 Å². The van der Waals surface area contributed by atoms with Crippen LogP contribution in [0.1, 0.15) is 6.42 Å². The molecule has 0 spiro atoms. The van der Waals surface area contributed by atoms with Crippen molar-refractivity contribution in [1.29, 1.82) is 0 Å². The van der Waals surface area contributed by atoms with Crippen molar-refractivity contribution < 1.29 is 4.79 Å². The summed E-state index contributed by atoms with van der Waals surface area (Å²) in [6.07, 6.45) is 0.552. The number of hydrogen-bond donors (Lipinski definition) is 1. The van der Waals surface area contributed by atoms with Gasteiger partial charge in [-0.1, -0.05) is 34.1 Å². The second-order valence-corrected chi connectivity index (χ2v) is 4.91. The molecule has 1 rings (SSSR count). The lowest BCUT2D eigenvalue weighted by Gasteiger charge is -2.03. The average Bonchev–Trinajstić information content (AvgIpc) is 2.26. The minimum Gasteiger partial charge on any atom is -0.355 e. The van der Waals surface area contributed by atoms with Crippen molar-refractivity contribution in [2.45, 2.75) is 11.3 Å². The molecule has 0 bridgehead atoms. The van der Waals surface area contributed by atoms with Gasteiger partial charge in [-0.2, -0.15) is 0 Å². The third kappa shape index (κ3) is 5.85. The quantitative estimate of drug-likeness (QED) is 0.495. The van der Waals surface area contributed by atoms with E-state index in [1.165, 1.54) is 4.90 Å². The van der Waals surface area contributed by atoms with E-state index in [4.69, 9.17) is 0 Å². The van der Waals surface area contributed by atoms with Crippen LogP contribution in [-0.2, 0) is 4.79 Å². The zero-order chi connectivity index (χ0) is 10.9. The number of hydrogen-bond acceptors (Lipinski definition) is 2. The summed E-state index contributed by atoms with van der Waals surface area (Å²) in [5.41, 5.74) is 0. The maximum Gasteiger partial charge on any atom is 0.220 e. The van der Waals surface area contributed by atoms with E-state index in [1.807, 2.05) is 18.2 Å². The first kappa shape index (κ1) is 12.6. The average molecular weight is 288 g/mol. The number of amides is 1. The number of rotatable bonds is 6. The number of carbonyl (C=O) groups is 1. The Labute approximate surface area is 103 Å². The largest absolute Gasteiger partial charge is 0.355 e. The van der Waals surface area contributed by atoms with Gasteiger partial charge in [0.1, 0.15) is 0 Å². The van der Waals surface area contributed by atoms with Gasteiger partial charge in [-0.15, -0.1) is 11.8 Å². The third-order valence-corrected chi connectivity index (χ3v) is 3.17. The fourth-order valence-electron chi connectivity index (χ4n) is 1.05. The summed E-state index contributed by atoms with van der Waals surface area (Å²) in [4.78, 5) is 12.3. The smallest absolute Gasteiger partial charge is 0.220 e. The van der Waals surface area contributed by atoms with Gasteiger partial charge in [0.15, 0.2) is 0 Å². The first-order valence-electron chi connectivity index (χ1n) is 4.83. The highest BCUT2D eigenvalue weighted by Gasteiger charge is 1.98. The van der Waals surface area contributed by atoms with Crippen LogP contribution < -0.4 is 5.32 Å². The molecule has 1 N–H and O–H groups in total. The zero-order valence-electron chi connectivity index (χ0n) is 8.41. The summed E-state index contributed by atoms with van der Waals surface area (Å²) in [6.45, 7) is 0.728. The Hall–Kier alpha value is -0.480. The monoisotopic (exact) mass is 287 g/mol. The SMILES string of the molecule is O=C(CCBr)NCCSc1ccccc1. The molecule has 4 heteroatoms. The molecule has 0 saturated heterocycles. The predicted octanol–water partition coefficient (Wildman–Crippen LogP) is 2.68. The lowest BCUT2D eigenvalue weighted by Crippen LogP contribution is -2.25. The van der Waals surface area contributed by atoms with Gasteiger partial charge < -0.3 is 5.32 Å². The molecular weight excluding hydrogens is 274 g/mol. The molecule has 0 unspecified atom stereocenters. The number of halogens is 1. The number of carbonyl (C=O) groups excluding carboxylic acids is 1. The van der Waals surface area contributed by atoms with Crippen molar-refractivity contribution in [3.63, 3.8) is 0 Å². The van der Waals surface area contributed by atoms with E-state index < -0.39 is 0 Å². The van der Waals surface area contributed by atoms with Gasteiger partial charge in [0.05, 0.1) is 0 Å². The molecule has 15 heavy (non-hydrogen) atoms. The Kier molecular flexibility index (Phi) is 6.52. The van der Waals surface area contributed by atoms with Crippen molar-refractivity contribution in [2.24, 2.45) is 0 Å². The normalized spacial score (nSPS) is 9.93. The highest BCUT2D eigenvalue weighted by atomic mass is 79.9. The van der Waals surface area contributed by atoms with Crippen LogP contribution in [0.5, 0.6) is 0 Å². The number of benzene rings is 1. The van der Waals surface area contributed by atoms with Crippen LogP contribution in [0.2, 0.25) is 0 Å². The van der Waals surface area contributed by atoms with Crippen molar-refractivity contribution in [1.82, 2.24) is 5.32 Å². The first-order chi connectivity index (χ1) is 7.33. The van der Waals surface area contributed by atoms with Crippen LogP contribution in [0.15, 0.2) is 35.2 Å². The molecule has 0 radical (unpaired) electrons. The predicted molar refractivity (Wildman–Crippen MR) is 68.6 cm³/mol. The second kappa shape index (κ2) is 7.77. The Morgan fingerprint density at radius 1 is 1.33 bits per heavy atom. The van der Waals surface area contributed by atoms with Crippen LogP contribution >= 0.6 is 27.7 Å². The standard InChI is InChI=1S/C11H14BrNOS/c12-7-6-11(14)13-8-9-15-10-4-2-1-3-5-10/h1-5H,6-9H2,(H,13,14). The van der Waals surface area contributed by atoms with E-state index in [9.17, 15) is 4.79 Å². The van der Waals surface area contributed by atoms with E-state index >= 15 is 0 Å². The second-order valence-electron chi connectivity index (χ2n) is 2.95. The van der Waals surface area contributed by atoms with Gasteiger partial charge in [0.2, 0.25) is 5.91 Å². The number of nitrogens with one attached hydrogen (secondary N) is 1. The summed E-state index contributed by atoms with van der Waals surface area (Å²) in [6, 6.07) is 10.2.